The number of hydrogen-bond acceptors (Lipinski definition) is 5. The van der Waals surface area contributed by atoms with Crippen LogP contribution in [0, 0.1) is 11.6 Å². The Balaban J connectivity index is 1.41. The van der Waals surface area contributed by atoms with E-state index < -0.39 is 27.8 Å². The van der Waals surface area contributed by atoms with Crippen LogP contribution in [0.4, 0.5) is 14.5 Å². The van der Waals surface area contributed by atoms with Crippen LogP contribution in [0.2, 0.25) is 0 Å². The molecule has 11 heteroatoms. The normalized spacial score (nSPS) is 14.3. The van der Waals surface area contributed by atoms with E-state index in [4.69, 9.17) is 4.42 Å². The molecule has 0 aliphatic heterocycles. The van der Waals surface area contributed by atoms with Crippen LogP contribution in [-0.2, 0) is 10.0 Å². The molecule has 1 aromatic heterocycles. The average Bonchev–Trinajstić information content (AvgIpc) is 3.68. The van der Waals surface area contributed by atoms with Crippen molar-refractivity contribution in [3.8, 4) is 11.3 Å². The minimum Gasteiger partial charge on any atom is -0.455 e. The molecular weight excluding hydrogens is 606 g/mol. The number of fused-ring (bicyclic) bond motifs is 1. The fourth-order valence-corrected chi connectivity index (χ4v) is 6.52. The maximum absolute atomic E-state index is 13.5. The molecule has 7 nitrogen and oxygen atoms in total. The topological polar surface area (TPSA) is 109 Å². The summed E-state index contributed by atoms with van der Waals surface area (Å²) in [4.78, 5) is 12.9. The number of carbonyl (C=O) groups excluding carboxylic acids is 1. The minimum atomic E-state index is -3.80. The van der Waals surface area contributed by atoms with Gasteiger partial charge in [0.2, 0.25) is 10.0 Å². The first-order chi connectivity index (χ1) is 19.1. The zero-order valence-electron chi connectivity index (χ0n) is 21.5. The first kappa shape index (κ1) is 28.3. The summed E-state index contributed by atoms with van der Waals surface area (Å²) in [5.41, 5.74) is 2.74. The Morgan fingerprint density at radius 1 is 1.10 bits per heavy atom. The second kappa shape index (κ2) is 11.3. The van der Waals surface area contributed by atoms with Gasteiger partial charge in [-0.15, -0.1) is 0 Å². The smallest absolute Gasteiger partial charge is 0.255 e. The summed E-state index contributed by atoms with van der Waals surface area (Å²) < 4.78 is 62.2. The maximum atomic E-state index is 13.5. The number of hydrogen-bond donors (Lipinski definition) is 3. The predicted octanol–water partition coefficient (Wildman–Crippen LogP) is 6.63. The van der Waals surface area contributed by atoms with Gasteiger partial charge in [-0.25, -0.2) is 17.2 Å². The number of amides is 1. The van der Waals surface area contributed by atoms with Gasteiger partial charge < -0.3 is 14.8 Å². The lowest BCUT2D eigenvalue weighted by Crippen LogP contribution is -2.19. The number of anilines is 1. The molecule has 3 N–H and O–H groups in total. The SMILES string of the molecule is CNC(=O)c1c(-c2ccc(F)cc2)oc2cc(NS(=O)(=O)CCCC(O)c3ccc(F)cc3Br)c(C3CC3)cc12. The van der Waals surface area contributed by atoms with E-state index in [-0.39, 0.29) is 36.2 Å². The van der Waals surface area contributed by atoms with Crippen LogP contribution in [0.25, 0.3) is 22.3 Å². The fraction of sp³-hybridized carbons (Fsp3) is 0.276. The summed E-state index contributed by atoms with van der Waals surface area (Å²) in [6, 6.07) is 12.9. The van der Waals surface area contributed by atoms with Crippen LogP contribution < -0.4 is 10.0 Å². The van der Waals surface area contributed by atoms with Gasteiger partial charge in [0.05, 0.1) is 23.1 Å². The van der Waals surface area contributed by atoms with Gasteiger partial charge in [-0.2, -0.15) is 0 Å². The lowest BCUT2D eigenvalue weighted by molar-refractivity contribution is 0.0964. The molecule has 1 heterocycles. The van der Waals surface area contributed by atoms with Crippen molar-refractivity contribution < 1.29 is 31.5 Å². The molecule has 1 unspecified atom stereocenters. The third kappa shape index (κ3) is 6.06. The number of furan rings is 1. The molecule has 0 spiro atoms. The molecule has 1 saturated carbocycles. The van der Waals surface area contributed by atoms with Crippen LogP contribution in [0.5, 0.6) is 0 Å². The Morgan fingerprint density at radius 3 is 2.45 bits per heavy atom. The predicted molar refractivity (Wildman–Crippen MR) is 153 cm³/mol. The van der Waals surface area contributed by atoms with E-state index in [1.807, 2.05) is 0 Å². The first-order valence-corrected chi connectivity index (χ1v) is 15.2. The Hall–Kier alpha value is -3.28. The summed E-state index contributed by atoms with van der Waals surface area (Å²) in [7, 11) is -2.30. The van der Waals surface area contributed by atoms with Crippen molar-refractivity contribution in [1.29, 1.82) is 0 Å². The van der Waals surface area contributed by atoms with Gasteiger partial charge in [0, 0.05) is 28.5 Å². The van der Waals surface area contributed by atoms with Gasteiger partial charge >= 0.3 is 0 Å². The van der Waals surface area contributed by atoms with Gasteiger partial charge in [0.25, 0.3) is 5.91 Å². The molecule has 210 valence electrons. The number of benzene rings is 3. The Morgan fingerprint density at radius 2 is 1.80 bits per heavy atom. The van der Waals surface area contributed by atoms with Crippen molar-refractivity contribution in [1.82, 2.24) is 5.32 Å². The zero-order chi connectivity index (χ0) is 28.6. The molecule has 1 aliphatic rings. The van der Waals surface area contributed by atoms with Crippen molar-refractivity contribution in [2.24, 2.45) is 0 Å². The molecule has 3 aromatic carbocycles. The largest absolute Gasteiger partial charge is 0.455 e. The second-order valence-corrected chi connectivity index (χ2v) is 12.5. The monoisotopic (exact) mass is 632 g/mol. The molecule has 1 aliphatic carbocycles. The molecule has 1 fully saturated rings. The van der Waals surface area contributed by atoms with Gasteiger partial charge in [-0.3, -0.25) is 9.52 Å². The number of nitrogens with one attached hydrogen (secondary N) is 2. The Labute approximate surface area is 238 Å². The molecular formula is C29H27BrF2N2O5S. The third-order valence-electron chi connectivity index (χ3n) is 6.92. The third-order valence-corrected chi connectivity index (χ3v) is 8.96. The molecule has 0 radical (unpaired) electrons. The quantitative estimate of drug-likeness (QED) is 0.182. The molecule has 1 amide bonds. The van der Waals surface area contributed by atoms with E-state index in [9.17, 15) is 27.1 Å². The standard InChI is InChI=1S/C29H27BrF2N2O5S/c1-33-29(36)27-22-14-21(16-4-5-16)24(15-26(22)39-28(27)17-6-8-18(31)9-7-17)34-40(37,38)12-2-3-25(35)20-11-10-19(32)13-23(20)30/h6-11,13-16,25,34-35H,2-5,12H2,1H3,(H,33,36). The van der Waals surface area contributed by atoms with Crippen LogP contribution >= 0.6 is 15.9 Å². The number of aliphatic hydroxyl groups is 1. The lowest BCUT2D eigenvalue weighted by atomic mass is 10.0. The molecule has 40 heavy (non-hydrogen) atoms. The van der Waals surface area contributed by atoms with Crippen molar-refractivity contribution in [2.75, 3.05) is 17.5 Å². The van der Waals surface area contributed by atoms with E-state index >= 15 is 0 Å². The molecule has 5 rings (SSSR count). The van der Waals surface area contributed by atoms with Gasteiger partial charge in [-0.1, -0.05) is 22.0 Å². The van der Waals surface area contributed by atoms with Crippen LogP contribution in [0.1, 0.15) is 59.2 Å². The summed E-state index contributed by atoms with van der Waals surface area (Å²) in [5, 5.41) is 13.7. The van der Waals surface area contributed by atoms with Crippen molar-refractivity contribution in [3.05, 3.63) is 87.4 Å². The number of sulfonamides is 1. The number of carbonyl (C=O) groups is 1. The molecule has 0 saturated heterocycles. The van der Waals surface area contributed by atoms with Crippen molar-refractivity contribution in [3.63, 3.8) is 0 Å². The van der Waals surface area contributed by atoms with Gasteiger partial charge in [-0.05, 0) is 85.2 Å². The van der Waals surface area contributed by atoms with E-state index in [2.05, 4.69) is 26.0 Å². The number of rotatable bonds is 10. The minimum absolute atomic E-state index is 0.140. The average molecular weight is 634 g/mol. The van der Waals surface area contributed by atoms with E-state index in [1.165, 1.54) is 49.5 Å². The van der Waals surface area contributed by atoms with Crippen molar-refractivity contribution in [2.45, 2.75) is 37.7 Å². The summed E-state index contributed by atoms with van der Waals surface area (Å²) in [6.07, 6.45) is 1.14. The van der Waals surface area contributed by atoms with Gasteiger partial charge in [0.1, 0.15) is 23.0 Å². The zero-order valence-corrected chi connectivity index (χ0v) is 23.9. The lowest BCUT2D eigenvalue weighted by Gasteiger charge is -2.15. The number of aliphatic hydroxyl groups excluding tert-OH is 1. The Kier molecular flexibility index (Phi) is 7.98. The molecule has 0 bridgehead atoms. The van der Waals surface area contributed by atoms with E-state index in [0.717, 1.165) is 18.4 Å². The van der Waals surface area contributed by atoms with Crippen molar-refractivity contribution >= 4 is 48.5 Å². The highest BCUT2D eigenvalue weighted by Crippen LogP contribution is 2.47. The van der Waals surface area contributed by atoms with Crippen LogP contribution in [0.15, 0.2) is 63.5 Å². The van der Waals surface area contributed by atoms with E-state index in [0.29, 0.717) is 37.8 Å². The highest BCUT2D eigenvalue weighted by Gasteiger charge is 2.31. The number of halogens is 3. The Bertz CT molecular complexity index is 1690. The maximum Gasteiger partial charge on any atom is 0.255 e. The highest BCUT2D eigenvalue weighted by molar-refractivity contribution is 9.10. The molecule has 4 aromatic rings. The summed E-state index contributed by atoms with van der Waals surface area (Å²) in [6.45, 7) is 0. The van der Waals surface area contributed by atoms with E-state index in [1.54, 1.807) is 12.1 Å². The summed E-state index contributed by atoms with van der Waals surface area (Å²) >= 11 is 3.23. The fourth-order valence-electron chi connectivity index (χ4n) is 4.75. The first-order valence-electron chi connectivity index (χ1n) is 12.8. The van der Waals surface area contributed by atoms with Crippen LogP contribution in [-0.4, -0.2) is 32.2 Å². The molecule has 1 atom stereocenters. The highest BCUT2D eigenvalue weighted by atomic mass is 79.9. The van der Waals surface area contributed by atoms with Gasteiger partial charge in [0.15, 0.2) is 0 Å². The second-order valence-electron chi connectivity index (χ2n) is 9.85. The van der Waals surface area contributed by atoms with Crippen LogP contribution in [0.3, 0.4) is 0 Å². The summed E-state index contributed by atoms with van der Waals surface area (Å²) in [5.74, 6) is -1.08.